The molecule has 5 heteroatoms. The van der Waals surface area contributed by atoms with E-state index in [0.29, 0.717) is 5.56 Å². The summed E-state index contributed by atoms with van der Waals surface area (Å²) in [5.74, 6) is -0.408. The standard InChI is InChI=1S/C12H11F3O2/c1-7-9(11(16)8-5-6-8)3-2-4-10(7)17-12(13,14)15/h2-4,8H,5-6H2,1H3. The van der Waals surface area contributed by atoms with E-state index in [0.717, 1.165) is 12.8 Å². The molecule has 1 aromatic rings. The first kappa shape index (κ1) is 12.0. The molecule has 0 aromatic heterocycles. The Morgan fingerprint density at radius 2 is 2.00 bits per heavy atom. The maximum absolute atomic E-state index is 12.1. The number of carbonyl (C=O) groups is 1. The molecule has 1 aromatic carbocycles. The van der Waals surface area contributed by atoms with Crippen molar-refractivity contribution in [3.8, 4) is 5.75 Å². The summed E-state index contributed by atoms with van der Waals surface area (Å²) < 4.78 is 40.2. The van der Waals surface area contributed by atoms with Gasteiger partial charge in [-0.3, -0.25) is 4.79 Å². The van der Waals surface area contributed by atoms with Gasteiger partial charge in [0.25, 0.3) is 0 Å². The number of hydrogen-bond acceptors (Lipinski definition) is 2. The highest BCUT2D eigenvalue weighted by molar-refractivity contribution is 6.01. The first-order valence-electron chi connectivity index (χ1n) is 5.28. The Kier molecular flexibility index (Phi) is 2.85. The lowest BCUT2D eigenvalue weighted by molar-refractivity contribution is -0.274. The predicted octanol–water partition coefficient (Wildman–Crippen LogP) is 3.49. The highest BCUT2D eigenvalue weighted by Crippen LogP contribution is 2.35. The van der Waals surface area contributed by atoms with E-state index < -0.39 is 6.36 Å². The van der Waals surface area contributed by atoms with E-state index in [2.05, 4.69) is 4.74 Å². The molecule has 0 N–H and O–H groups in total. The summed E-state index contributed by atoms with van der Waals surface area (Å²) in [4.78, 5) is 11.8. The second-order valence-electron chi connectivity index (χ2n) is 4.12. The summed E-state index contributed by atoms with van der Waals surface area (Å²) in [7, 11) is 0. The average Bonchev–Trinajstić information content (AvgIpc) is 3.01. The smallest absolute Gasteiger partial charge is 0.405 e. The third-order valence-electron chi connectivity index (χ3n) is 2.72. The van der Waals surface area contributed by atoms with Gasteiger partial charge in [-0.25, -0.2) is 0 Å². The number of rotatable bonds is 3. The average molecular weight is 244 g/mol. The second kappa shape index (κ2) is 4.05. The van der Waals surface area contributed by atoms with E-state index in [1.165, 1.54) is 19.1 Å². The third kappa shape index (κ3) is 2.78. The van der Waals surface area contributed by atoms with Crippen LogP contribution in [0, 0.1) is 12.8 Å². The molecule has 0 saturated heterocycles. The molecule has 17 heavy (non-hydrogen) atoms. The van der Waals surface area contributed by atoms with Crippen LogP contribution in [0.1, 0.15) is 28.8 Å². The van der Waals surface area contributed by atoms with Crippen LogP contribution in [0.4, 0.5) is 13.2 Å². The Bertz CT molecular complexity index is 448. The van der Waals surface area contributed by atoms with Gasteiger partial charge in [0.05, 0.1) is 0 Å². The monoisotopic (exact) mass is 244 g/mol. The topological polar surface area (TPSA) is 26.3 Å². The molecule has 0 unspecified atom stereocenters. The third-order valence-corrected chi connectivity index (χ3v) is 2.72. The molecule has 2 rings (SSSR count). The Hall–Kier alpha value is -1.52. The molecule has 1 aliphatic carbocycles. The van der Waals surface area contributed by atoms with Crippen LogP contribution < -0.4 is 4.74 Å². The molecule has 0 aliphatic heterocycles. The molecule has 0 amide bonds. The zero-order valence-corrected chi connectivity index (χ0v) is 9.17. The van der Waals surface area contributed by atoms with E-state index in [-0.39, 0.29) is 23.0 Å². The van der Waals surface area contributed by atoms with Crippen LogP contribution in [0.15, 0.2) is 18.2 Å². The Morgan fingerprint density at radius 1 is 1.35 bits per heavy atom. The van der Waals surface area contributed by atoms with Gasteiger partial charge in [-0.1, -0.05) is 12.1 Å². The number of ketones is 1. The minimum atomic E-state index is -4.73. The van der Waals surface area contributed by atoms with E-state index in [1.54, 1.807) is 6.07 Å². The summed E-state index contributed by atoms with van der Waals surface area (Å²) >= 11 is 0. The van der Waals surface area contributed by atoms with Gasteiger partial charge in [-0.05, 0) is 25.8 Å². The van der Waals surface area contributed by atoms with Gasteiger partial charge in [-0.15, -0.1) is 13.2 Å². The van der Waals surface area contributed by atoms with Crippen LogP contribution in [0.3, 0.4) is 0 Å². The molecule has 0 spiro atoms. The van der Waals surface area contributed by atoms with Crippen LogP contribution in [-0.2, 0) is 0 Å². The number of hydrogen-bond donors (Lipinski definition) is 0. The summed E-state index contributed by atoms with van der Waals surface area (Å²) in [6.07, 6.45) is -3.09. The van der Waals surface area contributed by atoms with Gasteiger partial charge >= 0.3 is 6.36 Å². The number of Topliss-reactive ketones (excluding diaryl/α,β-unsaturated/α-hetero) is 1. The van der Waals surface area contributed by atoms with Gasteiger partial charge in [0.2, 0.25) is 0 Å². The van der Waals surface area contributed by atoms with E-state index >= 15 is 0 Å². The molecule has 0 radical (unpaired) electrons. The predicted molar refractivity (Wildman–Crippen MR) is 54.9 cm³/mol. The van der Waals surface area contributed by atoms with Crippen molar-refractivity contribution in [2.45, 2.75) is 26.1 Å². The molecule has 1 saturated carbocycles. The van der Waals surface area contributed by atoms with Crippen LogP contribution in [0.25, 0.3) is 0 Å². The lowest BCUT2D eigenvalue weighted by Gasteiger charge is -2.13. The molecule has 0 atom stereocenters. The number of halogens is 3. The highest BCUT2D eigenvalue weighted by Gasteiger charge is 2.34. The maximum Gasteiger partial charge on any atom is 0.573 e. The highest BCUT2D eigenvalue weighted by atomic mass is 19.4. The fraction of sp³-hybridized carbons (Fsp3) is 0.417. The van der Waals surface area contributed by atoms with Crippen molar-refractivity contribution < 1.29 is 22.7 Å². The van der Waals surface area contributed by atoms with Crippen LogP contribution in [0.5, 0.6) is 5.75 Å². The lowest BCUT2D eigenvalue weighted by Crippen LogP contribution is -2.18. The van der Waals surface area contributed by atoms with Gasteiger partial charge < -0.3 is 4.74 Å². The summed E-state index contributed by atoms with van der Waals surface area (Å²) in [5, 5.41) is 0. The molecule has 1 fully saturated rings. The van der Waals surface area contributed by atoms with E-state index in [1.807, 2.05) is 0 Å². The van der Waals surface area contributed by atoms with Gasteiger partial charge in [-0.2, -0.15) is 0 Å². The summed E-state index contributed by atoms with van der Waals surface area (Å²) in [6.45, 7) is 1.47. The lowest BCUT2D eigenvalue weighted by atomic mass is 10.0. The van der Waals surface area contributed by atoms with Gasteiger partial charge in [0.15, 0.2) is 5.78 Å². The quantitative estimate of drug-likeness (QED) is 0.761. The Balaban J connectivity index is 2.29. The van der Waals surface area contributed by atoms with Crippen LogP contribution in [0.2, 0.25) is 0 Å². The maximum atomic E-state index is 12.1. The number of alkyl halides is 3. The van der Waals surface area contributed by atoms with Crippen molar-refractivity contribution in [3.63, 3.8) is 0 Å². The summed E-state index contributed by atoms with van der Waals surface area (Å²) in [5.41, 5.74) is 0.580. The molecule has 1 aliphatic rings. The zero-order valence-electron chi connectivity index (χ0n) is 9.17. The van der Waals surface area contributed by atoms with Crippen molar-refractivity contribution in [2.75, 3.05) is 0 Å². The van der Waals surface area contributed by atoms with E-state index in [9.17, 15) is 18.0 Å². The molecular weight excluding hydrogens is 233 g/mol. The van der Waals surface area contributed by atoms with E-state index in [4.69, 9.17) is 0 Å². The first-order valence-corrected chi connectivity index (χ1v) is 5.28. The Labute approximate surface area is 96.4 Å². The molecule has 92 valence electrons. The van der Waals surface area contributed by atoms with Crippen LogP contribution in [-0.4, -0.2) is 12.1 Å². The number of ether oxygens (including phenoxy) is 1. The Morgan fingerprint density at radius 3 is 2.53 bits per heavy atom. The molecular formula is C12H11F3O2. The molecule has 0 bridgehead atoms. The van der Waals surface area contributed by atoms with Gasteiger partial charge in [0.1, 0.15) is 5.75 Å². The number of benzene rings is 1. The zero-order chi connectivity index (χ0) is 12.6. The first-order chi connectivity index (χ1) is 7.88. The van der Waals surface area contributed by atoms with Crippen molar-refractivity contribution >= 4 is 5.78 Å². The molecule has 2 nitrogen and oxygen atoms in total. The van der Waals surface area contributed by atoms with Crippen molar-refractivity contribution in [2.24, 2.45) is 5.92 Å². The largest absolute Gasteiger partial charge is 0.573 e. The fourth-order valence-corrected chi connectivity index (χ4v) is 1.68. The normalized spacial score (nSPS) is 15.8. The summed E-state index contributed by atoms with van der Waals surface area (Å²) in [6, 6.07) is 4.16. The van der Waals surface area contributed by atoms with Gasteiger partial charge in [0, 0.05) is 17.0 Å². The SMILES string of the molecule is Cc1c(OC(F)(F)F)cccc1C(=O)C1CC1. The number of carbonyl (C=O) groups excluding carboxylic acids is 1. The van der Waals surface area contributed by atoms with Crippen molar-refractivity contribution in [3.05, 3.63) is 29.3 Å². The minimum absolute atomic E-state index is 0.0187. The second-order valence-corrected chi connectivity index (χ2v) is 4.12. The van der Waals surface area contributed by atoms with Crippen molar-refractivity contribution in [1.82, 2.24) is 0 Å². The fourth-order valence-electron chi connectivity index (χ4n) is 1.68. The van der Waals surface area contributed by atoms with Crippen LogP contribution >= 0.6 is 0 Å². The van der Waals surface area contributed by atoms with Crippen molar-refractivity contribution in [1.29, 1.82) is 0 Å². The molecule has 0 heterocycles. The minimum Gasteiger partial charge on any atom is -0.405 e.